The van der Waals surface area contributed by atoms with Gasteiger partial charge in [0.1, 0.15) is 0 Å². The Morgan fingerprint density at radius 2 is 1.85 bits per heavy atom. The van der Waals surface area contributed by atoms with Crippen LogP contribution in [0, 0.1) is 13.8 Å². The first-order valence-electron chi connectivity index (χ1n) is 11.7. The van der Waals surface area contributed by atoms with Crippen LogP contribution in [0.1, 0.15) is 61.8 Å². The zero-order valence-corrected chi connectivity index (χ0v) is 20.2. The van der Waals surface area contributed by atoms with E-state index in [-0.39, 0.29) is 12.4 Å². The number of nitrogens with zero attached hydrogens (tertiary/aromatic N) is 1. The van der Waals surface area contributed by atoms with E-state index in [0.29, 0.717) is 22.7 Å². The van der Waals surface area contributed by atoms with Gasteiger partial charge in [-0.05, 0) is 81.0 Å². The zero-order chi connectivity index (χ0) is 23.8. The fourth-order valence-corrected chi connectivity index (χ4v) is 5.14. The molecule has 1 aliphatic carbocycles. The van der Waals surface area contributed by atoms with Crippen LogP contribution in [0.5, 0.6) is 0 Å². The van der Waals surface area contributed by atoms with E-state index >= 15 is 0 Å². The Morgan fingerprint density at radius 3 is 2.68 bits per heavy atom. The number of aryl methyl sites for hydroxylation is 3. The van der Waals surface area contributed by atoms with Crippen LogP contribution in [0.3, 0.4) is 0 Å². The molecule has 0 unspecified atom stereocenters. The minimum Gasteiger partial charge on any atom is -0.454 e. The number of ketones is 1. The van der Waals surface area contributed by atoms with Crippen LogP contribution >= 0.6 is 11.6 Å². The summed E-state index contributed by atoms with van der Waals surface area (Å²) in [6.07, 6.45) is 4.43. The van der Waals surface area contributed by atoms with Gasteiger partial charge in [-0.3, -0.25) is 4.79 Å². The van der Waals surface area contributed by atoms with E-state index in [1.807, 2.05) is 56.3 Å². The van der Waals surface area contributed by atoms with Gasteiger partial charge in [-0.15, -0.1) is 0 Å². The topological polar surface area (TPSA) is 64.1 Å². The molecular formula is C28H27ClN2O3. The average molecular weight is 475 g/mol. The highest BCUT2D eigenvalue weighted by Gasteiger charge is 2.20. The normalized spacial score (nSPS) is 13.1. The smallest absolute Gasteiger partial charge is 0.338 e. The van der Waals surface area contributed by atoms with Crippen molar-refractivity contribution in [1.29, 1.82) is 0 Å². The Kier molecular flexibility index (Phi) is 6.05. The van der Waals surface area contributed by atoms with Crippen LogP contribution < -0.4 is 0 Å². The van der Waals surface area contributed by atoms with Crippen LogP contribution in [-0.2, 0) is 24.1 Å². The number of esters is 1. The molecule has 0 bridgehead atoms. The summed E-state index contributed by atoms with van der Waals surface area (Å²) in [5.74, 6) is -0.696. The molecule has 6 heteroatoms. The Labute approximate surface area is 203 Å². The van der Waals surface area contributed by atoms with Crippen molar-refractivity contribution in [3.05, 3.63) is 92.9 Å². The summed E-state index contributed by atoms with van der Waals surface area (Å²) in [6.45, 7) is 4.14. The number of hydrogen-bond donors (Lipinski definition) is 1. The van der Waals surface area contributed by atoms with Crippen molar-refractivity contribution in [3.63, 3.8) is 0 Å². The van der Waals surface area contributed by atoms with Crippen molar-refractivity contribution in [2.24, 2.45) is 0 Å². The molecule has 0 amide bonds. The Morgan fingerprint density at radius 1 is 1.06 bits per heavy atom. The summed E-state index contributed by atoms with van der Waals surface area (Å²) in [5.41, 5.74) is 7.43. The largest absolute Gasteiger partial charge is 0.454 e. The van der Waals surface area contributed by atoms with Crippen LogP contribution in [0.25, 0.3) is 10.9 Å². The molecule has 5 nitrogen and oxygen atoms in total. The molecule has 0 radical (unpaired) electrons. The highest BCUT2D eigenvalue weighted by Crippen LogP contribution is 2.30. The minimum atomic E-state index is -0.481. The second kappa shape index (κ2) is 9.15. The molecule has 0 fully saturated rings. The second-order valence-electron chi connectivity index (χ2n) is 9.01. The number of H-pyrrole nitrogens is 1. The summed E-state index contributed by atoms with van der Waals surface area (Å²) in [4.78, 5) is 29.1. The van der Waals surface area contributed by atoms with E-state index in [1.54, 1.807) is 6.07 Å². The number of Topliss-reactive ketones (excluding diaryl/α,β-unsaturated/α-hetero) is 1. The van der Waals surface area contributed by atoms with Crippen molar-refractivity contribution in [1.82, 2.24) is 9.55 Å². The third-order valence-electron chi connectivity index (χ3n) is 6.83. The molecular weight excluding hydrogens is 448 g/mol. The second-order valence-corrected chi connectivity index (χ2v) is 9.42. The van der Waals surface area contributed by atoms with Gasteiger partial charge in [-0.25, -0.2) is 4.79 Å². The summed E-state index contributed by atoms with van der Waals surface area (Å²) in [5, 5.41) is 1.77. The Hall–Kier alpha value is -3.31. The molecule has 0 atom stereocenters. The first kappa shape index (κ1) is 22.5. The predicted molar refractivity (Wildman–Crippen MR) is 134 cm³/mol. The standard InChI is InChI=1S/C28H27ClN2O3/c1-17-13-22(18(2)31(17)15-20-7-3-5-9-24(20)29)27(32)16-34-28(33)19-11-12-26-23(14-19)21-8-4-6-10-25(21)30-26/h3,5,7,9,11-14,30H,4,6,8,10,15-16H2,1-2H3. The Bertz CT molecular complexity index is 1410. The molecule has 1 N–H and O–H groups in total. The molecule has 34 heavy (non-hydrogen) atoms. The van der Waals surface area contributed by atoms with E-state index < -0.39 is 5.97 Å². The number of benzene rings is 2. The van der Waals surface area contributed by atoms with E-state index in [4.69, 9.17) is 16.3 Å². The highest BCUT2D eigenvalue weighted by molar-refractivity contribution is 6.31. The number of carbonyl (C=O) groups is 2. The quantitative estimate of drug-likeness (QED) is 0.267. The van der Waals surface area contributed by atoms with Crippen LogP contribution in [-0.4, -0.2) is 27.9 Å². The molecule has 0 saturated carbocycles. The number of rotatable bonds is 6. The van der Waals surface area contributed by atoms with Crippen molar-refractivity contribution in [3.8, 4) is 0 Å². The van der Waals surface area contributed by atoms with Crippen LogP contribution in [0.4, 0.5) is 0 Å². The van der Waals surface area contributed by atoms with Crippen molar-refractivity contribution in [2.75, 3.05) is 6.61 Å². The SMILES string of the molecule is Cc1cc(C(=O)COC(=O)c2ccc3[nH]c4c(c3c2)CCCC4)c(C)n1Cc1ccccc1Cl. The molecule has 2 aromatic heterocycles. The number of carbonyl (C=O) groups excluding carboxylic acids is 2. The fourth-order valence-electron chi connectivity index (χ4n) is 4.95. The minimum absolute atomic E-state index is 0.216. The summed E-state index contributed by atoms with van der Waals surface area (Å²) in [7, 11) is 0. The average Bonchev–Trinajstić information content (AvgIpc) is 3.35. The number of halogens is 1. The Balaban J connectivity index is 1.30. The third kappa shape index (κ3) is 4.16. The number of hydrogen-bond acceptors (Lipinski definition) is 3. The van der Waals surface area contributed by atoms with E-state index in [0.717, 1.165) is 47.1 Å². The van der Waals surface area contributed by atoms with Gasteiger partial charge in [0, 0.05) is 45.1 Å². The zero-order valence-electron chi connectivity index (χ0n) is 19.4. The van der Waals surface area contributed by atoms with E-state index in [1.165, 1.54) is 17.7 Å². The number of nitrogens with one attached hydrogen (secondary N) is 1. The third-order valence-corrected chi connectivity index (χ3v) is 7.20. The van der Waals surface area contributed by atoms with Crippen molar-refractivity contribution < 1.29 is 14.3 Å². The summed E-state index contributed by atoms with van der Waals surface area (Å²) < 4.78 is 7.48. The number of aromatic nitrogens is 2. The van der Waals surface area contributed by atoms with Crippen molar-refractivity contribution in [2.45, 2.75) is 46.1 Å². The van der Waals surface area contributed by atoms with Gasteiger partial charge < -0.3 is 14.3 Å². The molecule has 5 rings (SSSR count). The van der Waals surface area contributed by atoms with Gasteiger partial charge in [0.2, 0.25) is 5.78 Å². The first-order valence-corrected chi connectivity index (χ1v) is 12.0. The lowest BCUT2D eigenvalue weighted by Crippen LogP contribution is -2.15. The fraction of sp³-hybridized carbons (Fsp3) is 0.286. The molecule has 1 aliphatic rings. The highest BCUT2D eigenvalue weighted by atomic mass is 35.5. The van der Waals surface area contributed by atoms with Gasteiger partial charge in [0.15, 0.2) is 6.61 Å². The van der Waals surface area contributed by atoms with Crippen LogP contribution in [0.2, 0.25) is 5.02 Å². The molecule has 0 saturated heterocycles. The van der Waals surface area contributed by atoms with E-state index in [9.17, 15) is 9.59 Å². The monoisotopic (exact) mass is 474 g/mol. The molecule has 4 aromatic rings. The maximum absolute atomic E-state index is 12.9. The van der Waals surface area contributed by atoms with Gasteiger partial charge in [-0.2, -0.15) is 0 Å². The maximum atomic E-state index is 12.9. The number of aromatic amines is 1. The number of fused-ring (bicyclic) bond motifs is 3. The molecule has 0 aliphatic heterocycles. The summed E-state index contributed by atoms with van der Waals surface area (Å²) in [6, 6.07) is 15.1. The lowest BCUT2D eigenvalue weighted by Gasteiger charge is -2.11. The van der Waals surface area contributed by atoms with Crippen LogP contribution in [0.15, 0.2) is 48.5 Å². The van der Waals surface area contributed by atoms with E-state index in [2.05, 4.69) is 9.55 Å². The molecule has 174 valence electrons. The maximum Gasteiger partial charge on any atom is 0.338 e. The van der Waals surface area contributed by atoms with Gasteiger partial charge >= 0.3 is 5.97 Å². The lowest BCUT2D eigenvalue weighted by atomic mass is 9.95. The van der Waals surface area contributed by atoms with Crippen molar-refractivity contribution >= 4 is 34.3 Å². The first-order chi connectivity index (χ1) is 16.4. The number of ether oxygens (including phenoxy) is 1. The molecule has 2 heterocycles. The molecule has 0 spiro atoms. The summed E-state index contributed by atoms with van der Waals surface area (Å²) >= 11 is 6.32. The lowest BCUT2D eigenvalue weighted by molar-refractivity contribution is 0.0474. The van der Waals surface area contributed by atoms with Gasteiger partial charge in [-0.1, -0.05) is 29.8 Å². The molecule has 2 aromatic carbocycles. The predicted octanol–water partition coefficient (Wildman–Crippen LogP) is 6.21. The van der Waals surface area contributed by atoms with Gasteiger partial charge in [0.25, 0.3) is 0 Å². The van der Waals surface area contributed by atoms with Gasteiger partial charge in [0.05, 0.1) is 5.56 Å².